The third-order valence-corrected chi connectivity index (χ3v) is 8.70. The fourth-order valence-electron chi connectivity index (χ4n) is 5.67. The van der Waals surface area contributed by atoms with E-state index in [0.717, 1.165) is 50.5 Å². The zero-order valence-corrected chi connectivity index (χ0v) is 22.1. The topological polar surface area (TPSA) is 109 Å². The first kappa shape index (κ1) is 26.0. The summed E-state index contributed by atoms with van der Waals surface area (Å²) in [6, 6.07) is 13.1. The lowest BCUT2D eigenvalue weighted by atomic mass is 9.70. The minimum absolute atomic E-state index is 0.151. The number of aromatic nitrogens is 2. The first-order valence-electron chi connectivity index (χ1n) is 13.8. The third kappa shape index (κ3) is 5.84. The number of hydrogen-bond acceptors (Lipinski definition) is 7. The SMILES string of the molecule is NC12CCC(CCc3c(F)cnc4ccc(OCC5(CNC(=O)OCc6ccccc6)CC5)nc34)(CC1)OC2. The number of amides is 1. The van der Waals surface area contributed by atoms with Gasteiger partial charge in [-0.2, -0.15) is 0 Å². The van der Waals surface area contributed by atoms with Gasteiger partial charge in [0.15, 0.2) is 0 Å². The van der Waals surface area contributed by atoms with Gasteiger partial charge in [-0.15, -0.1) is 0 Å². The molecule has 2 aliphatic carbocycles. The molecule has 3 aromatic rings. The summed E-state index contributed by atoms with van der Waals surface area (Å²) in [5.74, 6) is 0.0620. The smallest absolute Gasteiger partial charge is 0.407 e. The van der Waals surface area contributed by atoms with E-state index in [4.69, 9.17) is 19.9 Å². The van der Waals surface area contributed by atoms with E-state index in [0.29, 0.717) is 48.7 Å². The molecule has 2 aliphatic heterocycles. The maximum atomic E-state index is 15.0. The first-order chi connectivity index (χ1) is 18.9. The molecule has 2 saturated carbocycles. The van der Waals surface area contributed by atoms with E-state index in [9.17, 15) is 9.18 Å². The van der Waals surface area contributed by atoms with Crippen LogP contribution in [0.15, 0.2) is 48.7 Å². The van der Waals surface area contributed by atoms with Gasteiger partial charge >= 0.3 is 6.09 Å². The van der Waals surface area contributed by atoms with E-state index in [1.807, 2.05) is 36.4 Å². The molecule has 7 rings (SSSR count). The summed E-state index contributed by atoms with van der Waals surface area (Å²) in [7, 11) is 0. The highest BCUT2D eigenvalue weighted by Crippen LogP contribution is 2.46. The lowest BCUT2D eigenvalue weighted by molar-refractivity contribution is -0.156. The lowest BCUT2D eigenvalue weighted by Gasteiger charge is -2.51. The molecule has 0 spiro atoms. The summed E-state index contributed by atoms with van der Waals surface area (Å²) in [6.07, 6.45) is 7.65. The second-order valence-electron chi connectivity index (χ2n) is 11.6. The Hall–Kier alpha value is -3.30. The highest BCUT2D eigenvalue weighted by Gasteiger charge is 2.47. The van der Waals surface area contributed by atoms with E-state index in [1.54, 1.807) is 6.07 Å². The van der Waals surface area contributed by atoms with Crippen LogP contribution in [0.25, 0.3) is 11.0 Å². The zero-order valence-electron chi connectivity index (χ0n) is 22.1. The van der Waals surface area contributed by atoms with Gasteiger partial charge in [0.05, 0.1) is 36.0 Å². The second-order valence-corrected chi connectivity index (χ2v) is 11.6. The number of nitrogens with two attached hydrogens (primary N) is 1. The number of fused-ring (bicyclic) bond motifs is 4. The number of nitrogens with zero attached hydrogens (tertiary/aromatic N) is 2. The number of carbonyl (C=O) groups is 1. The van der Waals surface area contributed by atoms with E-state index in [2.05, 4.69) is 15.3 Å². The van der Waals surface area contributed by atoms with Crippen molar-refractivity contribution in [3.63, 3.8) is 0 Å². The third-order valence-electron chi connectivity index (χ3n) is 8.70. The van der Waals surface area contributed by atoms with Gasteiger partial charge in [0, 0.05) is 29.1 Å². The van der Waals surface area contributed by atoms with Crippen LogP contribution >= 0.6 is 0 Å². The minimum atomic E-state index is -0.448. The van der Waals surface area contributed by atoms with Crippen molar-refractivity contribution < 1.29 is 23.4 Å². The number of nitrogens with one attached hydrogen (secondary N) is 1. The Morgan fingerprint density at radius 2 is 1.87 bits per heavy atom. The van der Waals surface area contributed by atoms with E-state index in [1.165, 1.54) is 6.20 Å². The van der Waals surface area contributed by atoms with Crippen molar-refractivity contribution >= 4 is 17.1 Å². The number of aryl methyl sites for hydroxylation is 1. The molecule has 206 valence electrons. The van der Waals surface area contributed by atoms with Crippen molar-refractivity contribution in [2.75, 3.05) is 19.8 Å². The van der Waals surface area contributed by atoms with Crippen molar-refractivity contribution in [3.8, 4) is 5.88 Å². The van der Waals surface area contributed by atoms with Crippen LogP contribution in [0, 0.1) is 11.2 Å². The monoisotopic (exact) mass is 534 g/mol. The Labute approximate surface area is 227 Å². The molecule has 4 aliphatic rings. The van der Waals surface area contributed by atoms with Crippen LogP contribution < -0.4 is 15.8 Å². The molecule has 8 nitrogen and oxygen atoms in total. The fourth-order valence-corrected chi connectivity index (χ4v) is 5.67. The molecule has 4 fully saturated rings. The Balaban J connectivity index is 1.06. The maximum absolute atomic E-state index is 15.0. The molecule has 2 bridgehead atoms. The maximum Gasteiger partial charge on any atom is 0.407 e. The predicted octanol–water partition coefficient (Wildman–Crippen LogP) is 4.83. The highest BCUT2D eigenvalue weighted by molar-refractivity contribution is 5.78. The number of benzene rings is 1. The van der Waals surface area contributed by atoms with Crippen LogP contribution in [0.2, 0.25) is 0 Å². The number of halogens is 1. The molecule has 0 radical (unpaired) electrons. The van der Waals surface area contributed by atoms with Crippen molar-refractivity contribution in [2.45, 2.75) is 69.1 Å². The van der Waals surface area contributed by atoms with Gasteiger partial charge in [-0.05, 0) is 63.0 Å². The van der Waals surface area contributed by atoms with E-state index in [-0.39, 0.29) is 29.0 Å². The van der Waals surface area contributed by atoms with Gasteiger partial charge in [-0.25, -0.2) is 14.2 Å². The van der Waals surface area contributed by atoms with Crippen LogP contribution in [0.3, 0.4) is 0 Å². The lowest BCUT2D eigenvalue weighted by Crippen LogP contribution is -2.59. The van der Waals surface area contributed by atoms with Crippen LogP contribution in [0.4, 0.5) is 9.18 Å². The molecule has 2 aromatic heterocycles. The predicted molar refractivity (Wildman–Crippen MR) is 144 cm³/mol. The quantitative estimate of drug-likeness (QED) is 0.384. The van der Waals surface area contributed by atoms with Crippen LogP contribution in [0.1, 0.15) is 56.1 Å². The van der Waals surface area contributed by atoms with Crippen LogP contribution in [-0.2, 0) is 22.5 Å². The normalized spacial score (nSPS) is 24.9. The molecule has 1 amide bonds. The minimum Gasteiger partial charge on any atom is -0.477 e. The van der Waals surface area contributed by atoms with Crippen molar-refractivity contribution in [2.24, 2.45) is 11.1 Å². The molecule has 9 heteroatoms. The molecule has 1 aromatic carbocycles. The zero-order chi connectivity index (χ0) is 26.9. The highest BCUT2D eigenvalue weighted by atomic mass is 19.1. The van der Waals surface area contributed by atoms with E-state index >= 15 is 0 Å². The van der Waals surface area contributed by atoms with Gasteiger partial charge in [0.2, 0.25) is 5.88 Å². The van der Waals surface area contributed by atoms with Gasteiger partial charge in [-0.1, -0.05) is 30.3 Å². The Morgan fingerprint density at radius 1 is 1.08 bits per heavy atom. The van der Waals surface area contributed by atoms with E-state index < -0.39 is 6.09 Å². The summed E-state index contributed by atoms with van der Waals surface area (Å²) in [5.41, 5.74) is 8.43. The Kier molecular flexibility index (Phi) is 6.89. The molecule has 3 N–H and O–H groups in total. The number of hydrogen-bond donors (Lipinski definition) is 2. The van der Waals surface area contributed by atoms with Crippen LogP contribution in [0.5, 0.6) is 5.88 Å². The van der Waals surface area contributed by atoms with Crippen molar-refractivity contribution in [3.05, 3.63) is 65.6 Å². The van der Waals surface area contributed by atoms with Crippen LogP contribution in [-0.4, -0.2) is 47.0 Å². The standard InChI is InChI=1S/C30H35FN4O4/c31-23-16-33-24-6-7-25(35-26(24)22(23)8-9-30-14-12-29(32,13-15-30)20-39-30)38-19-28(10-11-28)18-34-27(36)37-17-21-4-2-1-3-5-21/h1-7,16H,8-15,17-20,32H2,(H,34,36). The molecule has 4 heterocycles. The van der Waals surface area contributed by atoms with Gasteiger partial charge in [-0.3, -0.25) is 4.98 Å². The molecular formula is C30H35FN4O4. The number of pyridine rings is 2. The van der Waals surface area contributed by atoms with Gasteiger partial charge in [0.1, 0.15) is 12.4 Å². The molecular weight excluding hydrogens is 499 g/mol. The van der Waals surface area contributed by atoms with Gasteiger partial charge < -0.3 is 25.3 Å². The summed E-state index contributed by atoms with van der Waals surface area (Å²) in [6.45, 7) is 1.66. The largest absolute Gasteiger partial charge is 0.477 e. The average Bonchev–Trinajstić information content (AvgIpc) is 3.75. The fraction of sp³-hybridized carbons (Fsp3) is 0.500. The first-order valence-corrected chi connectivity index (χ1v) is 13.8. The molecule has 2 saturated heterocycles. The molecule has 0 atom stereocenters. The second kappa shape index (κ2) is 10.4. The molecule has 39 heavy (non-hydrogen) atoms. The number of ether oxygens (including phenoxy) is 3. The summed E-state index contributed by atoms with van der Waals surface area (Å²) in [4.78, 5) is 21.1. The molecule has 0 unspecified atom stereocenters. The summed E-state index contributed by atoms with van der Waals surface area (Å²) in [5, 5.41) is 2.86. The Morgan fingerprint density at radius 3 is 2.59 bits per heavy atom. The summed E-state index contributed by atoms with van der Waals surface area (Å²) < 4.78 is 32.5. The Bertz CT molecular complexity index is 1320. The average molecular weight is 535 g/mol. The van der Waals surface area contributed by atoms with Gasteiger partial charge in [0.25, 0.3) is 0 Å². The number of alkyl carbamates (subject to hydrolysis) is 1. The summed E-state index contributed by atoms with van der Waals surface area (Å²) >= 11 is 0. The van der Waals surface area contributed by atoms with Crippen molar-refractivity contribution in [1.29, 1.82) is 0 Å². The number of carbonyl (C=O) groups excluding carboxylic acids is 1. The van der Waals surface area contributed by atoms with Crippen molar-refractivity contribution in [1.82, 2.24) is 15.3 Å². The number of rotatable bonds is 10.